The number of nitrogens with one attached hydrogen (secondary N) is 1. The molecule has 174 valence electrons. The SMILES string of the molecule is COc1ccc(C)cc1NC1=C(c2ccccc2)C(=O)N(Cc2cccc(C(F)(F)F)c2)C1=O. The fourth-order valence-corrected chi connectivity index (χ4v) is 3.79. The van der Waals surface area contributed by atoms with E-state index in [-0.39, 0.29) is 23.4 Å². The van der Waals surface area contributed by atoms with E-state index in [0.717, 1.165) is 22.6 Å². The lowest BCUT2D eigenvalue weighted by molar-refractivity contribution is -0.137. The molecule has 0 saturated carbocycles. The molecule has 3 aromatic rings. The third kappa shape index (κ3) is 4.52. The summed E-state index contributed by atoms with van der Waals surface area (Å²) in [5.41, 5.74) is 1.44. The van der Waals surface area contributed by atoms with Crippen molar-refractivity contribution in [1.82, 2.24) is 4.90 Å². The topological polar surface area (TPSA) is 58.6 Å². The van der Waals surface area contributed by atoms with Gasteiger partial charge in [0.05, 0.1) is 30.5 Å². The first-order valence-corrected chi connectivity index (χ1v) is 10.4. The van der Waals surface area contributed by atoms with Gasteiger partial charge in [0.2, 0.25) is 0 Å². The third-order valence-electron chi connectivity index (χ3n) is 5.44. The Kier molecular flexibility index (Phi) is 6.15. The second-order valence-electron chi connectivity index (χ2n) is 7.84. The molecule has 4 rings (SSSR count). The Morgan fingerprint density at radius 2 is 1.65 bits per heavy atom. The van der Waals surface area contributed by atoms with Crippen molar-refractivity contribution in [2.45, 2.75) is 19.6 Å². The number of carbonyl (C=O) groups is 2. The number of halogens is 3. The van der Waals surface area contributed by atoms with E-state index in [9.17, 15) is 22.8 Å². The Morgan fingerprint density at radius 3 is 2.32 bits per heavy atom. The van der Waals surface area contributed by atoms with Crippen LogP contribution in [0.3, 0.4) is 0 Å². The van der Waals surface area contributed by atoms with Crippen LogP contribution in [0.4, 0.5) is 18.9 Å². The average molecular weight is 466 g/mol. The summed E-state index contributed by atoms with van der Waals surface area (Å²) < 4.78 is 44.8. The van der Waals surface area contributed by atoms with Crippen LogP contribution in [-0.2, 0) is 22.3 Å². The van der Waals surface area contributed by atoms with Crippen LogP contribution in [0, 0.1) is 6.92 Å². The Morgan fingerprint density at radius 1 is 0.912 bits per heavy atom. The summed E-state index contributed by atoms with van der Waals surface area (Å²) in [5.74, 6) is -0.755. The molecule has 0 bridgehead atoms. The number of aryl methyl sites for hydroxylation is 1. The van der Waals surface area contributed by atoms with Crippen molar-refractivity contribution in [3.63, 3.8) is 0 Å². The minimum Gasteiger partial charge on any atom is -0.495 e. The largest absolute Gasteiger partial charge is 0.495 e. The number of imide groups is 1. The van der Waals surface area contributed by atoms with Crippen LogP contribution in [-0.4, -0.2) is 23.8 Å². The fourth-order valence-electron chi connectivity index (χ4n) is 3.79. The predicted octanol–water partition coefficient (Wildman–Crippen LogP) is 5.41. The van der Waals surface area contributed by atoms with Crippen LogP contribution in [0.25, 0.3) is 5.57 Å². The van der Waals surface area contributed by atoms with E-state index in [1.807, 2.05) is 13.0 Å². The number of methoxy groups -OCH3 is 1. The van der Waals surface area contributed by atoms with Crippen molar-refractivity contribution in [3.8, 4) is 5.75 Å². The maximum Gasteiger partial charge on any atom is 0.416 e. The number of amides is 2. The highest BCUT2D eigenvalue weighted by Crippen LogP contribution is 2.35. The van der Waals surface area contributed by atoms with E-state index in [2.05, 4.69) is 5.32 Å². The number of alkyl halides is 3. The molecule has 1 aliphatic heterocycles. The smallest absolute Gasteiger partial charge is 0.416 e. The molecule has 34 heavy (non-hydrogen) atoms. The van der Waals surface area contributed by atoms with Crippen molar-refractivity contribution in [1.29, 1.82) is 0 Å². The van der Waals surface area contributed by atoms with E-state index in [1.54, 1.807) is 42.5 Å². The van der Waals surface area contributed by atoms with Crippen LogP contribution in [0.15, 0.2) is 78.5 Å². The number of carbonyl (C=O) groups excluding carboxylic acids is 2. The minimum absolute atomic E-state index is 0.0343. The molecule has 0 spiro atoms. The molecule has 5 nitrogen and oxygen atoms in total. The molecule has 1 heterocycles. The van der Waals surface area contributed by atoms with Crippen LogP contribution < -0.4 is 10.1 Å². The zero-order chi connectivity index (χ0) is 24.5. The molecule has 0 unspecified atom stereocenters. The molecule has 0 fully saturated rings. The highest BCUT2D eigenvalue weighted by Gasteiger charge is 2.40. The van der Waals surface area contributed by atoms with Gasteiger partial charge in [-0.15, -0.1) is 0 Å². The maximum atomic E-state index is 13.4. The summed E-state index contributed by atoms with van der Waals surface area (Å²) in [6, 6.07) is 18.6. The molecule has 0 atom stereocenters. The minimum atomic E-state index is -4.53. The first-order chi connectivity index (χ1) is 16.2. The zero-order valence-electron chi connectivity index (χ0n) is 18.4. The van der Waals surface area contributed by atoms with Gasteiger partial charge in [-0.25, -0.2) is 0 Å². The monoisotopic (exact) mass is 466 g/mol. The van der Waals surface area contributed by atoms with Crippen LogP contribution in [0.5, 0.6) is 5.75 Å². The number of hydrogen-bond donors (Lipinski definition) is 1. The summed E-state index contributed by atoms with van der Waals surface area (Å²) in [6.45, 7) is 1.58. The lowest BCUT2D eigenvalue weighted by Crippen LogP contribution is -2.32. The first kappa shape index (κ1) is 23.1. The Hall–Kier alpha value is -4.07. The molecule has 1 aliphatic rings. The fraction of sp³-hybridized carbons (Fsp3) is 0.154. The molecule has 2 amide bonds. The standard InChI is InChI=1S/C26H21F3N2O3/c1-16-11-12-21(34-2)20(13-16)30-23-22(18-8-4-3-5-9-18)24(32)31(25(23)33)15-17-7-6-10-19(14-17)26(27,28)29/h3-14,30H,15H2,1-2H3. The van der Waals surface area contributed by atoms with E-state index in [4.69, 9.17) is 4.74 Å². The number of ether oxygens (including phenoxy) is 1. The van der Waals surface area contributed by atoms with Crippen LogP contribution in [0.2, 0.25) is 0 Å². The molecule has 0 aliphatic carbocycles. The summed E-state index contributed by atoms with van der Waals surface area (Å²) in [6.07, 6.45) is -4.53. The molecule has 8 heteroatoms. The van der Waals surface area contributed by atoms with E-state index >= 15 is 0 Å². The lowest BCUT2D eigenvalue weighted by Gasteiger charge is -2.17. The Bertz CT molecular complexity index is 1280. The second-order valence-corrected chi connectivity index (χ2v) is 7.84. The summed E-state index contributed by atoms with van der Waals surface area (Å²) in [5, 5.41) is 3.04. The molecule has 3 aromatic carbocycles. The molecular formula is C26H21F3N2O3. The van der Waals surface area contributed by atoms with Gasteiger partial charge in [0.1, 0.15) is 11.4 Å². The molecular weight excluding hydrogens is 445 g/mol. The van der Waals surface area contributed by atoms with Gasteiger partial charge in [0.25, 0.3) is 11.8 Å². The average Bonchev–Trinajstić information content (AvgIpc) is 3.03. The van der Waals surface area contributed by atoms with Gasteiger partial charge in [-0.2, -0.15) is 13.2 Å². The molecule has 0 aromatic heterocycles. The zero-order valence-corrected chi connectivity index (χ0v) is 18.4. The van der Waals surface area contributed by atoms with Gasteiger partial charge in [-0.1, -0.05) is 48.5 Å². The number of anilines is 1. The highest BCUT2D eigenvalue weighted by atomic mass is 19.4. The van der Waals surface area contributed by atoms with Crippen molar-refractivity contribution in [2.24, 2.45) is 0 Å². The van der Waals surface area contributed by atoms with E-state index < -0.39 is 23.6 Å². The number of benzene rings is 3. The molecule has 0 radical (unpaired) electrons. The predicted molar refractivity (Wildman–Crippen MR) is 122 cm³/mol. The van der Waals surface area contributed by atoms with Crippen molar-refractivity contribution in [2.75, 3.05) is 12.4 Å². The van der Waals surface area contributed by atoms with Crippen molar-refractivity contribution >= 4 is 23.1 Å². The van der Waals surface area contributed by atoms with Gasteiger partial charge < -0.3 is 10.1 Å². The van der Waals surface area contributed by atoms with Crippen LogP contribution in [0.1, 0.15) is 22.3 Å². The van der Waals surface area contributed by atoms with Gasteiger partial charge >= 0.3 is 6.18 Å². The van der Waals surface area contributed by atoms with Gasteiger partial charge in [-0.3, -0.25) is 14.5 Å². The van der Waals surface area contributed by atoms with Gasteiger partial charge in [-0.05, 0) is 47.9 Å². The number of rotatable bonds is 6. The second kappa shape index (κ2) is 9.05. The number of nitrogens with zero attached hydrogens (tertiary/aromatic N) is 1. The Balaban J connectivity index is 1.74. The lowest BCUT2D eigenvalue weighted by atomic mass is 10.0. The summed E-state index contributed by atoms with van der Waals surface area (Å²) in [7, 11) is 1.49. The van der Waals surface area contributed by atoms with Crippen molar-refractivity contribution < 1.29 is 27.5 Å². The quantitative estimate of drug-likeness (QED) is 0.494. The first-order valence-electron chi connectivity index (χ1n) is 10.4. The maximum absolute atomic E-state index is 13.4. The molecule has 1 N–H and O–H groups in total. The highest BCUT2D eigenvalue weighted by molar-refractivity contribution is 6.36. The van der Waals surface area contributed by atoms with Crippen molar-refractivity contribution in [3.05, 3.63) is 101 Å². The van der Waals surface area contributed by atoms with E-state index in [0.29, 0.717) is 17.0 Å². The summed E-state index contributed by atoms with van der Waals surface area (Å²) >= 11 is 0. The third-order valence-corrected chi connectivity index (χ3v) is 5.44. The van der Waals surface area contributed by atoms with Crippen LogP contribution >= 0.6 is 0 Å². The van der Waals surface area contributed by atoms with E-state index in [1.165, 1.54) is 19.2 Å². The number of hydrogen-bond acceptors (Lipinski definition) is 4. The normalized spacial score (nSPS) is 14.1. The molecule has 0 saturated heterocycles. The van der Waals surface area contributed by atoms with Gasteiger partial charge in [0.15, 0.2) is 0 Å². The summed E-state index contributed by atoms with van der Waals surface area (Å²) in [4.78, 5) is 27.7. The Labute approximate surface area is 194 Å². The van der Waals surface area contributed by atoms with Gasteiger partial charge in [0, 0.05) is 0 Å².